The molecule has 0 aliphatic carbocycles. The zero-order chi connectivity index (χ0) is 43.0. The minimum Gasteiger partial charge on any atom is -0.462 e. The highest BCUT2D eigenvalue weighted by molar-refractivity contribution is 5.71. The predicted octanol–water partition coefficient (Wildman–Crippen LogP) is 17.2. The number of hydrogen-bond donors (Lipinski definition) is 0. The van der Waals surface area contributed by atoms with Crippen molar-refractivity contribution in [1.29, 1.82) is 0 Å². The standard InChI is InChI=1S/C53H102O6/c1-4-7-10-13-16-19-22-23-24-25-26-27-28-29-30-32-34-37-40-43-46-52(55)58-49-50(48-57-51(54)45-42-39-36-33-21-18-15-12-9-6-3)59-53(56)47-44-41-38-35-31-20-17-14-11-8-5-2/h50H,4-49H2,1-3H3. The molecule has 0 bridgehead atoms. The number of esters is 3. The fourth-order valence-electron chi connectivity index (χ4n) is 8.09. The minimum absolute atomic E-state index is 0.0619. The molecule has 0 aliphatic rings. The smallest absolute Gasteiger partial charge is 0.306 e. The summed E-state index contributed by atoms with van der Waals surface area (Å²) in [7, 11) is 0. The van der Waals surface area contributed by atoms with Gasteiger partial charge in [0.05, 0.1) is 0 Å². The van der Waals surface area contributed by atoms with E-state index in [0.717, 1.165) is 57.8 Å². The van der Waals surface area contributed by atoms with Gasteiger partial charge in [-0.3, -0.25) is 14.4 Å². The van der Waals surface area contributed by atoms with Gasteiger partial charge in [0, 0.05) is 19.3 Å². The van der Waals surface area contributed by atoms with Gasteiger partial charge in [-0.05, 0) is 19.3 Å². The van der Waals surface area contributed by atoms with E-state index >= 15 is 0 Å². The first-order valence-electron chi connectivity index (χ1n) is 26.5. The number of hydrogen-bond acceptors (Lipinski definition) is 6. The number of rotatable bonds is 49. The molecule has 0 aromatic carbocycles. The molecule has 59 heavy (non-hydrogen) atoms. The van der Waals surface area contributed by atoms with Crippen LogP contribution in [0.3, 0.4) is 0 Å². The number of ether oxygens (including phenoxy) is 3. The Hall–Kier alpha value is -1.59. The first kappa shape index (κ1) is 57.4. The topological polar surface area (TPSA) is 78.9 Å². The maximum absolute atomic E-state index is 12.7. The molecule has 0 amide bonds. The van der Waals surface area contributed by atoms with Crippen LogP contribution in [-0.4, -0.2) is 37.2 Å². The molecule has 0 heterocycles. The van der Waals surface area contributed by atoms with Crippen LogP contribution >= 0.6 is 0 Å². The summed E-state index contributed by atoms with van der Waals surface area (Å²) in [6.45, 7) is 6.66. The highest BCUT2D eigenvalue weighted by Gasteiger charge is 2.19. The van der Waals surface area contributed by atoms with Crippen molar-refractivity contribution in [2.24, 2.45) is 0 Å². The molecule has 6 heteroatoms. The van der Waals surface area contributed by atoms with Gasteiger partial charge in [0.15, 0.2) is 6.10 Å². The van der Waals surface area contributed by atoms with E-state index in [1.807, 2.05) is 0 Å². The third-order valence-electron chi connectivity index (χ3n) is 12.1. The van der Waals surface area contributed by atoms with Crippen molar-refractivity contribution in [3.8, 4) is 0 Å². The Kier molecular flexibility index (Phi) is 47.7. The summed E-state index contributed by atoms with van der Waals surface area (Å²) >= 11 is 0. The van der Waals surface area contributed by atoms with Crippen LogP contribution in [0.2, 0.25) is 0 Å². The Morgan fingerprint density at radius 1 is 0.271 bits per heavy atom. The van der Waals surface area contributed by atoms with Crippen LogP contribution in [0.5, 0.6) is 0 Å². The van der Waals surface area contributed by atoms with E-state index in [1.165, 1.54) is 205 Å². The fraction of sp³-hybridized carbons (Fsp3) is 0.943. The summed E-state index contributed by atoms with van der Waals surface area (Å²) in [6, 6.07) is 0. The van der Waals surface area contributed by atoms with Crippen molar-refractivity contribution >= 4 is 17.9 Å². The van der Waals surface area contributed by atoms with Gasteiger partial charge in [0.1, 0.15) is 13.2 Å². The first-order valence-corrected chi connectivity index (χ1v) is 26.5. The molecule has 0 saturated carbocycles. The Morgan fingerprint density at radius 2 is 0.458 bits per heavy atom. The van der Waals surface area contributed by atoms with Crippen LogP contribution < -0.4 is 0 Å². The highest BCUT2D eigenvalue weighted by atomic mass is 16.6. The Bertz CT molecular complexity index is 874. The van der Waals surface area contributed by atoms with Crippen molar-refractivity contribution in [1.82, 2.24) is 0 Å². The van der Waals surface area contributed by atoms with Gasteiger partial charge < -0.3 is 14.2 Å². The van der Waals surface area contributed by atoms with Gasteiger partial charge in [0.25, 0.3) is 0 Å². The molecule has 0 spiro atoms. The molecule has 0 aromatic rings. The van der Waals surface area contributed by atoms with E-state index in [9.17, 15) is 14.4 Å². The van der Waals surface area contributed by atoms with Crippen LogP contribution in [0.4, 0.5) is 0 Å². The zero-order valence-electron chi connectivity index (χ0n) is 40.1. The lowest BCUT2D eigenvalue weighted by Crippen LogP contribution is -2.30. The molecule has 1 unspecified atom stereocenters. The van der Waals surface area contributed by atoms with Crippen LogP contribution in [0.1, 0.15) is 303 Å². The third-order valence-corrected chi connectivity index (χ3v) is 12.1. The summed E-state index contributed by atoms with van der Waals surface area (Å²) < 4.78 is 16.8. The number of carbonyl (C=O) groups excluding carboxylic acids is 3. The average Bonchev–Trinajstić information content (AvgIpc) is 3.23. The average molecular weight is 835 g/mol. The molecule has 1 atom stereocenters. The van der Waals surface area contributed by atoms with Crippen LogP contribution in [-0.2, 0) is 28.6 Å². The summed E-state index contributed by atoms with van der Waals surface area (Å²) in [5.74, 6) is -0.844. The van der Waals surface area contributed by atoms with E-state index < -0.39 is 6.10 Å². The molecule has 0 N–H and O–H groups in total. The molecule has 6 nitrogen and oxygen atoms in total. The molecule has 350 valence electrons. The molecule has 0 fully saturated rings. The lowest BCUT2D eigenvalue weighted by molar-refractivity contribution is -0.167. The monoisotopic (exact) mass is 835 g/mol. The lowest BCUT2D eigenvalue weighted by atomic mass is 10.0. The second-order valence-electron chi connectivity index (χ2n) is 18.2. The molecule has 0 aliphatic heterocycles. The quantitative estimate of drug-likeness (QED) is 0.0345. The van der Waals surface area contributed by atoms with Gasteiger partial charge in [-0.2, -0.15) is 0 Å². The summed E-state index contributed by atoms with van der Waals surface area (Å²) in [5.41, 5.74) is 0. The molecule has 0 aromatic heterocycles. The number of unbranched alkanes of at least 4 members (excludes halogenated alkanes) is 38. The van der Waals surface area contributed by atoms with E-state index in [0.29, 0.717) is 19.3 Å². The van der Waals surface area contributed by atoms with Crippen molar-refractivity contribution in [3.63, 3.8) is 0 Å². The predicted molar refractivity (Wildman–Crippen MR) is 252 cm³/mol. The fourth-order valence-corrected chi connectivity index (χ4v) is 8.09. The third kappa shape index (κ3) is 47.3. The normalized spacial score (nSPS) is 11.8. The van der Waals surface area contributed by atoms with Gasteiger partial charge in [0.2, 0.25) is 0 Å². The molecule has 0 saturated heterocycles. The van der Waals surface area contributed by atoms with E-state index in [1.54, 1.807) is 0 Å². The van der Waals surface area contributed by atoms with E-state index in [-0.39, 0.29) is 31.1 Å². The van der Waals surface area contributed by atoms with Gasteiger partial charge in [-0.15, -0.1) is 0 Å². The SMILES string of the molecule is CCCCCCCCCCCCCCCCCCCCCCC(=O)OCC(COC(=O)CCCCCCCCCCCC)OC(=O)CCCCCCCCCCCCC. The second kappa shape index (κ2) is 49.1. The Balaban J connectivity index is 4.18. The van der Waals surface area contributed by atoms with E-state index in [2.05, 4.69) is 20.8 Å². The highest BCUT2D eigenvalue weighted by Crippen LogP contribution is 2.17. The Labute approximate surface area is 368 Å². The van der Waals surface area contributed by atoms with Crippen molar-refractivity contribution < 1.29 is 28.6 Å². The molecule has 0 radical (unpaired) electrons. The summed E-state index contributed by atoms with van der Waals surface area (Å²) in [4.78, 5) is 37.9. The zero-order valence-corrected chi connectivity index (χ0v) is 40.1. The van der Waals surface area contributed by atoms with Gasteiger partial charge in [-0.25, -0.2) is 0 Å². The van der Waals surface area contributed by atoms with Crippen molar-refractivity contribution in [2.45, 2.75) is 309 Å². The van der Waals surface area contributed by atoms with Crippen molar-refractivity contribution in [2.75, 3.05) is 13.2 Å². The number of carbonyl (C=O) groups is 3. The van der Waals surface area contributed by atoms with Gasteiger partial charge in [-0.1, -0.05) is 265 Å². The summed E-state index contributed by atoms with van der Waals surface area (Å²) in [5, 5.41) is 0. The van der Waals surface area contributed by atoms with E-state index in [4.69, 9.17) is 14.2 Å². The molecular formula is C53H102O6. The maximum atomic E-state index is 12.7. The van der Waals surface area contributed by atoms with Crippen molar-refractivity contribution in [3.05, 3.63) is 0 Å². The first-order chi connectivity index (χ1) is 29.0. The molecule has 0 rings (SSSR count). The minimum atomic E-state index is -0.759. The van der Waals surface area contributed by atoms with Crippen LogP contribution in [0, 0.1) is 0 Å². The van der Waals surface area contributed by atoms with Gasteiger partial charge >= 0.3 is 17.9 Å². The second-order valence-corrected chi connectivity index (χ2v) is 18.2. The lowest BCUT2D eigenvalue weighted by Gasteiger charge is -2.18. The van der Waals surface area contributed by atoms with Crippen LogP contribution in [0.25, 0.3) is 0 Å². The Morgan fingerprint density at radius 3 is 0.678 bits per heavy atom. The van der Waals surface area contributed by atoms with Crippen LogP contribution in [0.15, 0.2) is 0 Å². The molecular weight excluding hydrogens is 733 g/mol. The maximum Gasteiger partial charge on any atom is 0.306 e. The summed E-state index contributed by atoms with van der Waals surface area (Å²) in [6.07, 6.45) is 52.4. The largest absolute Gasteiger partial charge is 0.462 e.